The van der Waals surface area contributed by atoms with E-state index in [-0.39, 0.29) is 33.4 Å². The molecule has 794 valence electrons. The molecule has 146 heavy (non-hydrogen) atoms. The first kappa shape index (κ1) is 110. The molecule has 3 aromatic carbocycles. The number of ether oxygens (including phenoxy) is 9. The number of aromatic amines is 6. The van der Waals surface area contributed by atoms with Crippen LogP contribution in [0.15, 0.2) is 174 Å². The third-order valence-electron chi connectivity index (χ3n) is 24.3. The number of aliphatic hydroxyl groups excluding tert-OH is 7. The Bertz CT molecular complexity index is 7350. The van der Waals surface area contributed by atoms with Crippen molar-refractivity contribution >= 4 is 39.1 Å². The molecule has 9 aromatic rings. The van der Waals surface area contributed by atoms with Gasteiger partial charge in [-0.15, -0.1) is 0 Å². The van der Waals surface area contributed by atoms with Crippen molar-refractivity contribution in [1.29, 1.82) is 0 Å². The van der Waals surface area contributed by atoms with Gasteiger partial charge in [0.2, 0.25) is 0 Å². The maximum absolute atomic E-state index is 14.8. The van der Waals surface area contributed by atoms with Crippen LogP contribution in [-0.2, 0) is 107 Å². The van der Waals surface area contributed by atoms with Crippen LogP contribution >= 0.6 is 39.1 Å². The van der Waals surface area contributed by atoms with Crippen LogP contribution < -0.4 is 77.0 Å². The average molecular weight is 2160 g/mol. The summed E-state index contributed by atoms with van der Waals surface area (Å²) in [6, 6.07) is 21.8. The van der Waals surface area contributed by atoms with Crippen molar-refractivity contribution in [3.63, 3.8) is 0 Å². The zero-order valence-electron chi connectivity index (χ0n) is 77.1. The minimum absolute atomic E-state index is 0.0605. The number of benzene rings is 3. The Morgan fingerprint density at radius 2 is 0.479 bits per heavy atom. The van der Waals surface area contributed by atoms with Crippen molar-refractivity contribution < 1.29 is 171 Å². The molecule has 29 atom stereocenters. The molecule has 6 aromatic heterocycles. The number of H-pyrrole nitrogens is 6. The molecular formula is C81H97N12O48P5. The molecule has 0 bridgehead atoms. The molecule has 0 radical (unpaired) electrons. The van der Waals surface area contributed by atoms with Gasteiger partial charge in [-0.25, -0.2) is 51.6 Å². The quantitative estimate of drug-likeness (QED) is 0.0128. The van der Waals surface area contributed by atoms with Crippen LogP contribution in [-0.4, -0.2) is 281 Å². The molecular weight excluding hydrogens is 2060 g/mol. The number of nitrogens with one attached hydrogen (secondary N) is 6. The van der Waals surface area contributed by atoms with Gasteiger partial charge >= 0.3 is 73.3 Å². The molecule has 15 rings (SSSR count). The van der Waals surface area contributed by atoms with Gasteiger partial charge in [-0.05, 0) is 82.5 Å². The number of hydrogen-bond acceptors (Lipinski definition) is 43. The number of hydrogen-bond donors (Lipinski definition) is 18. The van der Waals surface area contributed by atoms with Crippen molar-refractivity contribution in [3.05, 3.63) is 291 Å². The highest BCUT2D eigenvalue weighted by molar-refractivity contribution is 7.48. The fraction of sp³-hybridized carbons (Fsp3) is 0.481. The maximum Gasteiger partial charge on any atom is 0.472 e. The highest BCUT2D eigenvalue weighted by Crippen LogP contribution is 2.57. The lowest BCUT2D eigenvalue weighted by Crippen LogP contribution is -2.41. The van der Waals surface area contributed by atoms with E-state index in [1.165, 1.54) is 41.9 Å². The van der Waals surface area contributed by atoms with Crippen LogP contribution in [0.2, 0.25) is 0 Å². The number of aliphatic hydroxyl groups is 7. The molecule has 12 heterocycles. The van der Waals surface area contributed by atoms with E-state index < -0.39 is 299 Å². The molecule has 5 unspecified atom stereocenters. The monoisotopic (exact) mass is 2160 g/mol. The van der Waals surface area contributed by atoms with Gasteiger partial charge in [-0.1, -0.05) is 54.6 Å². The average Bonchev–Trinajstić information content (AvgIpc) is 1.02. The second-order valence-corrected chi connectivity index (χ2v) is 41.2. The topological polar surface area (TPSA) is 833 Å². The minimum atomic E-state index is -6.16. The smallest absolute Gasteiger partial charge is 0.472 e. The summed E-state index contributed by atoms with van der Waals surface area (Å²) < 4.78 is 183. The van der Waals surface area contributed by atoms with Gasteiger partial charge in [0, 0.05) is 70.6 Å². The van der Waals surface area contributed by atoms with Gasteiger partial charge in [-0.3, -0.25) is 131 Å². The van der Waals surface area contributed by atoms with Crippen LogP contribution in [0, 0.1) is 41.5 Å². The molecule has 6 aliphatic heterocycles. The minimum Gasteiger partial charge on any atom is -0.497 e. The van der Waals surface area contributed by atoms with Crippen molar-refractivity contribution in [2.45, 2.75) is 194 Å². The van der Waals surface area contributed by atoms with Crippen LogP contribution in [0.5, 0.6) is 11.5 Å². The molecule has 6 fully saturated rings. The fourth-order valence-electron chi connectivity index (χ4n) is 16.9. The fourth-order valence-corrected chi connectivity index (χ4v) is 21.7. The Morgan fingerprint density at radius 1 is 0.281 bits per heavy atom. The summed E-state index contributed by atoms with van der Waals surface area (Å²) in [5.74, 6) is 0.843. The van der Waals surface area contributed by atoms with Gasteiger partial charge in [0.05, 0.1) is 53.9 Å². The van der Waals surface area contributed by atoms with E-state index in [1.54, 1.807) is 78.9 Å². The third kappa shape index (κ3) is 23.3. The standard InChI is InChI=1S/C81H97N12O48P5/c1-34-22-88(75(107)82-63(34)101)69-52(95)51(94)45(131-69)29-126-142(113,114)138-59-47(133-71(54(59)97)90-24-36(3)65(103)84-77(90)109)31-128-144(117,118)140-61-49(135-73(56(61)99)92-26-38(5)67(105)86-79(92)111)33-130-146(121,122)141-62-50(136-74(57(62)100)93-27-39(6)68(106)87-80(93)112)32-129-145(119,120)139-60-48(134-72(55(60)98)91-25-37(4)66(104)85-78(91)110)30-127-143(115,116)137-58-46(132-70(53(58)96)89-23-35(2)64(102)83-76(89)108)28-125-81(40-12-10-9-11-13-40,41-14-18-43(123-7)19-15-41)42-16-20-44(124-8)21-17-42/h9-27,45-62,69-74,94-100H,28-33H2,1-8H3,(H,113,114)(H,115,116)(H,117,118)(H,119,120)(H,121,122)(H,82,101,107)(H,83,102,108)(H,84,103,109)(H,85,104,110)(H,86,105,111)(H,87,106,112)/t45-,46-,47-,48-,49-,50-,51-,52-,53-,54-,55-,56-,57-,58-,59-,60-,61-,62-,69-,70-,71-,72-,73-,74-/m1/s1. The van der Waals surface area contributed by atoms with E-state index in [1.807, 2.05) is 24.9 Å². The van der Waals surface area contributed by atoms with Crippen molar-refractivity contribution in [1.82, 2.24) is 57.3 Å². The van der Waals surface area contributed by atoms with Gasteiger partial charge in [-0.2, -0.15) is 0 Å². The van der Waals surface area contributed by atoms with Crippen LogP contribution in [0.1, 0.15) is 87.4 Å². The molecule has 18 N–H and O–H groups in total. The molecule has 6 saturated heterocycles. The Kier molecular flexibility index (Phi) is 32.6. The van der Waals surface area contributed by atoms with Gasteiger partial charge in [0.25, 0.3) is 33.4 Å². The first-order chi connectivity index (χ1) is 68.7. The maximum atomic E-state index is 14.8. The summed E-state index contributed by atoms with van der Waals surface area (Å²) >= 11 is 0. The Morgan fingerprint density at radius 3 is 0.705 bits per heavy atom. The molecule has 0 saturated carbocycles. The predicted molar refractivity (Wildman–Crippen MR) is 483 cm³/mol. The lowest BCUT2D eigenvalue weighted by atomic mass is 9.80. The van der Waals surface area contributed by atoms with Crippen LogP contribution in [0.25, 0.3) is 0 Å². The number of methoxy groups -OCH3 is 2. The van der Waals surface area contributed by atoms with Gasteiger partial charge in [0.15, 0.2) is 37.4 Å². The number of phosphoric ester groups is 5. The van der Waals surface area contributed by atoms with Crippen LogP contribution in [0.4, 0.5) is 0 Å². The highest BCUT2D eigenvalue weighted by atomic mass is 31.2. The number of nitrogens with zero attached hydrogens (tertiary/aromatic N) is 6. The lowest BCUT2D eigenvalue weighted by Gasteiger charge is -2.37. The first-order valence-electron chi connectivity index (χ1n) is 43.6. The second-order valence-electron chi connectivity index (χ2n) is 34.2. The summed E-state index contributed by atoms with van der Waals surface area (Å²) in [4.78, 5) is 226. The molecule has 60 nitrogen and oxygen atoms in total. The van der Waals surface area contributed by atoms with Crippen molar-refractivity contribution in [2.75, 3.05) is 53.9 Å². The predicted octanol–water partition coefficient (Wildman–Crippen LogP) is -4.41. The van der Waals surface area contributed by atoms with E-state index in [9.17, 15) is 141 Å². The summed E-state index contributed by atoms with van der Waals surface area (Å²) in [5.41, 5.74) is -14.7. The summed E-state index contributed by atoms with van der Waals surface area (Å²) in [5, 5.41) is 82.2. The SMILES string of the molecule is COc1ccc(C(OC[C@H]2O[C@@H](n3cc(C)c(=O)[nH]c3=O)[C@H](O)[C@@H]2OP(=O)(O)OC[C@H]2O[C@@H](n3cc(C)c(=O)[nH]c3=O)[C@H](O)[C@@H]2OP(=O)(O)OC[C@H]2O[C@@H](n3cc(C)c(=O)[nH]c3=O)[C@H](O)[C@@H]2OP(=O)(O)OC[C@H]2O[C@@H](n3cc(C)c(=O)[nH]c3=O)[C@H](O)[C@@H]2OP(=O)(O)OC[C@H]2O[C@@H](n3cc(C)c(=O)[nH]c3=O)[C@H](O)[C@@H]2OP(=O)(O)OC[C@H]2O[C@@H](n3cc(C)c(=O)[nH]c3=O)[C@H](O)[C@@H]2O)(c2ccccc2)c2ccc(OC)cc2)cc1. The largest absolute Gasteiger partial charge is 0.497 e. The molecule has 0 aliphatic carbocycles. The molecule has 6 aliphatic rings. The molecule has 0 spiro atoms. The summed E-state index contributed by atoms with van der Waals surface area (Å²) in [6.07, 6.45) is -47.9. The Balaban J connectivity index is 0.674. The van der Waals surface area contributed by atoms with Crippen molar-refractivity contribution in [2.24, 2.45) is 0 Å². The Labute approximate surface area is 814 Å². The van der Waals surface area contributed by atoms with E-state index in [2.05, 4.69) is 4.98 Å². The third-order valence-corrected chi connectivity index (χ3v) is 29.3. The molecule has 0 amide bonds. The normalized spacial score (nSPS) is 29.5. The summed E-state index contributed by atoms with van der Waals surface area (Å²) in [7, 11) is -27.2. The number of rotatable bonds is 39. The van der Waals surface area contributed by atoms with Crippen molar-refractivity contribution in [3.8, 4) is 11.5 Å². The Hall–Kier alpha value is -10.7. The second kappa shape index (κ2) is 43.5. The zero-order chi connectivity index (χ0) is 106. The van der Waals surface area contributed by atoms with E-state index >= 15 is 0 Å². The lowest BCUT2D eigenvalue weighted by molar-refractivity contribution is -0.0964. The molecule has 65 heteroatoms. The van der Waals surface area contributed by atoms with E-state index in [0.717, 1.165) is 55.6 Å². The number of phosphoric acid groups is 5. The van der Waals surface area contributed by atoms with E-state index in [0.29, 0.717) is 51.0 Å². The number of aromatic nitrogens is 12. The van der Waals surface area contributed by atoms with E-state index in [4.69, 9.17) is 87.9 Å². The van der Waals surface area contributed by atoms with Crippen LogP contribution in [0.3, 0.4) is 0 Å². The summed E-state index contributed by atoms with van der Waals surface area (Å²) in [6.45, 7) is -0.717. The first-order valence-corrected chi connectivity index (χ1v) is 51.1. The van der Waals surface area contributed by atoms with Gasteiger partial charge in [0.1, 0.15) is 127 Å². The highest BCUT2D eigenvalue weighted by Gasteiger charge is 2.59. The zero-order valence-corrected chi connectivity index (χ0v) is 81.5. The van der Waals surface area contributed by atoms with Gasteiger partial charge < -0.3 is 103 Å². The number of aryl methyl sites for hydroxylation is 6.